The maximum atomic E-state index is 13.0. The van der Waals surface area contributed by atoms with Crippen LogP contribution in [0.5, 0.6) is 5.75 Å². The Bertz CT molecular complexity index is 914. The van der Waals surface area contributed by atoms with Gasteiger partial charge >= 0.3 is 0 Å². The number of rotatable bonds is 5. The Labute approximate surface area is 156 Å². The highest BCUT2D eigenvalue weighted by Gasteiger charge is 2.08. The topological polar surface area (TPSA) is 51.2 Å². The molecular formula is C18H14BrFN2O2S. The van der Waals surface area contributed by atoms with Crippen LogP contribution in [0.25, 0.3) is 11.3 Å². The van der Waals surface area contributed by atoms with E-state index in [1.165, 1.54) is 18.2 Å². The van der Waals surface area contributed by atoms with E-state index in [9.17, 15) is 9.18 Å². The molecule has 0 spiro atoms. The molecular weight excluding hydrogens is 407 g/mol. The molecule has 0 aliphatic rings. The maximum absolute atomic E-state index is 13.0. The van der Waals surface area contributed by atoms with Crippen molar-refractivity contribution in [1.82, 2.24) is 4.98 Å². The quantitative estimate of drug-likeness (QED) is 0.628. The van der Waals surface area contributed by atoms with Crippen LogP contribution >= 0.6 is 27.3 Å². The van der Waals surface area contributed by atoms with E-state index in [0.29, 0.717) is 15.9 Å². The summed E-state index contributed by atoms with van der Waals surface area (Å²) in [4.78, 5) is 16.5. The first-order chi connectivity index (χ1) is 12.0. The zero-order valence-corrected chi connectivity index (χ0v) is 15.7. The summed E-state index contributed by atoms with van der Waals surface area (Å²) in [5, 5.41) is 5.75. The van der Waals surface area contributed by atoms with Crippen LogP contribution in [0.2, 0.25) is 0 Å². The number of aryl methyl sites for hydroxylation is 1. The normalized spacial score (nSPS) is 10.5. The molecule has 0 fully saturated rings. The summed E-state index contributed by atoms with van der Waals surface area (Å²) in [6.45, 7) is 1.77. The highest BCUT2D eigenvalue weighted by atomic mass is 79.9. The third kappa shape index (κ3) is 4.64. The van der Waals surface area contributed by atoms with E-state index in [1.807, 2.05) is 30.5 Å². The smallest absolute Gasteiger partial charge is 0.262 e. The fourth-order valence-electron chi connectivity index (χ4n) is 2.18. The van der Waals surface area contributed by atoms with Crippen molar-refractivity contribution in [3.63, 3.8) is 0 Å². The van der Waals surface area contributed by atoms with Gasteiger partial charge in [-0.15, -0.1) is 11.3 Å². The van der Waals surface area contributed by atoms with E-state index in [1.54, 1.807) is 17.4 Å². The number of halogens is 2. The van der Waals surface area contributed by atoms with E-state index in [2.05, 4.69) is 26.2 Å². The lowest BCUT2D eigenvalue weighted by molar-refractivity contribution is -0.118. The van der Waals surface area contributed by atoms with Crippen molar-refractivity contribution in [1.29, 1.82) is 0 Å². The predicted molar refractivity (Wildman–Crippen MR) is 101 cm³/mol. The Morgan fingerprint density at radius 2 is 2.16 bits per heavy atom. The Hall–Kier alpha value is -2.25. The van der Waals surface area contributed by atoms with Crippen molar-refractivity contribution in [3.05, 3.63) is 63.1 Å². The molecule has 1 N–H and O–H groups in total. The lowest BCUT2D eigenvalue weighted by atomic mass is 10.1. The molecule has 0 unspecified atom stereocenters. The number of nitrogens with one attached hydrogen (secondary N) is 1. The Kier molecular flexibility index (Phi) is 5.45. The van der Waals surface area contributed by atoms with Crippen molar-refractivity contribution in [3.8, 4) is 17.0 Å². The fraction of sp³-hybridized carbons (Fsp3) is 0.111. The first-order valence-electron chi connectivity index (χ1n) is 7.41. The summed E-state index contributed by atoms with van der Waals surface area (Å²) < 4.78 is 18.9. The van der Waals surface area contributed by atoms with E-state index in [4.69, 9.17) is 4.74 Å². The minimum Gasteiger partial charge on any atom is -0.483 e. The summed E-state index contributed by atoms with van der Waals surface area (Å²) in [6.07, 6.45) is 0. The van der Waals surface area contributed by atoms with Gasteiger partial charge in [0.15, 0.2) is 6.61 Å². The van der Waals surface area contributed by atoms with Crippen LogP contribution in [0.1, 0.15) is 5.01 Å². The second kappa shape index (κ2) is 7.76. The number of benzene rings is 2. The van der Waals surface area contributed by atoms with Crippen LogP contribution in [0.3, 0.4) is 0 Å². The zero-order chi connectivity index (χ0) is 17.8. The monoisotopic (exact) mass is 420 g/mol. The Morgan fingerprint density at radius 1 is 1.32 bits per heavy atom. The molecule has 0 aliphatic carbocycles. The second-order valence-electron chi connectivity index (χ2n) is 5.24. The molecule has 3 rings (SSSR count). The van der Waals surface area contributed by atoms with Crippen LogP contribution in [-0.4, -0.2) is 17.5 Å². The number of thiazole rings is 1. The zero-order valence-electron chi connectivity index (χ0n) is 13.3. The van der Waals surface area contributed by atoms with Crippen molar-refractivity contribution in [2.75, 3.05) is 11.9 Å². The molecule has 1 aromatic heterocycles. The van der Waals surface area contributed by atoms with E-state index >= 15 is 0 Å². The number of anilines is 1. The number of hydrogen-bond donors (Lipinski definition) is 1. The lowest BCUT2D eigenvalue weighted by Gasteiger charge is -2.09. The second-order valence-corrected chi connectivity index (χ2v) is 7.16. The molecule has 0 saturated carbocycles. The van der Waals surface area contributed by atoms with Gasteiger partial charge in [-0.05, 0) is 53.2 Å². The maximum Gasteiger partial charge on any atom is 0.262 e. The molecule has 1 heterocycles. The van der Waals surface area contributed by atoms with Gasteiger partial charge in [0.2, 0.25) is 0 Å². The van der Waals surface area contributed by atoms with Gasteiger partial charge in [0.25, 0.3) is 5.91 Å². The molecule has 0 saturated heterocycles. The van der Waals surface area contributed by atoms with Crippen LogP contribution in [0.4, 0.5) is 10.1 Å². The minimum absolute atomic E-state index is 0.176. The fourth-order valence-corrected chi connectivity index (χ4v) is 3.27. The number of carbonyl (C=O) groups is 1. The number of amides is 1. The van der Waals surface area contributed by atoms with Crippen molar-refractivity contribution < 1.29 is 13.9 Å². The van der Waals surface area contributed by atoms with Gasteiger partial charge in [-0.1, -0.05) is 12.1 Å². The highest BCUT2D eigenvalue weighted by molar-refractivity contribution is 9.10. The van der Waals surface area contributed by atoms with Gasteiger partial charge in [-0.25, -0.2) is 9.37 Å². The molecule has 2 aromatic carbocycles. The van der Waals surface area contributed by atoms with Crippen LogP contribution in [0.15, 0.2) is 52.3 Å². The van der Waals surface area contributed by atoms with Crippen LogP contribution in [-0.2, 0) is 4.79 Å². The molecule has 7 heteroatoms. The van der Waals surface area contributed by atoms with Crippen molar-refractivity contribution in [2.45, 2.75) is 6.92 Å². The predicted octanol–water partition coefficient (Wildman–Crippen LogP) is 5.04. The number of carbonyl (C=O) groups excluding carboxylic acids is 1. The Balaban J connectivity index is 1.63. The molecule has 128 valence electrons. The first-order valence-corrected chi connectivity index (χ1v) is 9.09. The van der Waals surface area contributed by atoms with Gasteiger partial charge < -0.3 is 10.1 Å². The highest BCUT2D eigenvalue weighted by Crippen LogP contribution is 2.26. The molecule has 0 bridgehead atoms. The standard InChI is InChI=1S/C18H14BrFN2O2S/c1-11-21-16(10-25-11)12-3-2-4-14(7-12)22-18(23)9-24-17-6-5-13(20)8-15(17)19/h2-8,10H,9H2,1H3,(H,22,23). The molecule has 1 amide bonds. The van der Waals surface area contributed by atoms with Crippen molar-refractivity contribution >= 4 is 38.9 Å². The van der Waals surface area contributed by atoms with E-state index in [0.717, 1.165) is 16.3 Å². The average Bonchev–Trinajstić information content (AvgIpc) is 3.01. The first kappa shape index (κ1) is 17.6. The molecule has 3 aromatic rings. The molecule has 25 heavy (non-hydrogen) atoms. The molecule has 0 radical (unpaired) electrons. The van der Waals surface area contributed by atoms with Crippen LogP contribution in [0, 0.1) is 12.7 Å². The molecule has 0 aliphatic heterocycles. The lowest BCUT2D eigenvalue weighted by Crippen LogP contribution is -2.20. The SMILES string of the molecule is Cc1nc(-c2cccc(NC(=O)COc3ccc(F)cc3Br)c2)cs1. The van der Waals surface area contributed by atoms with Crippen molar-refractivity contribution in [2.24, 2.45) is 0 Å². The number of ether oxygens (including phenoxy) is 1. The summed E-state index contributed by atoms with van der Waals surface area (Å²) in [6, 6.07) is 11.5. The third-order valence-electron chi connectivity index (χ3n) is 3.31. The van der Waals surface area contributed by atoms with Crippen LogP contribution < -0.4 is 10.1 Å². The summed E-state index contributed by atoms with van der Waals surface area (Å²) >= 11 is 4.78. The average molecular weight is 421 g/mol. The van der Waals surface area contributed by atoms with Gasteiger partial charge in [0.1, 0.15) is 11.6 Å². The van der Waals surface area contributed by atoms with Gasteiger partial charge in [0, 0.05) is 16.6 Å². The van der Waals surface area contributed by atoms with Gasteiger partial charge in [-0.2, -0.15) is 0 Å². The molecule has 4 nitrogen and oxygen atoms in total. The number of hydrogen-bond acceptors (Lipinski definition) is 4. The van der Waals surface area contributed by atoms with Gasteiger partial charge in [0.05, 0.1) is 15.2 Å². The third-order valence-corrected chi connectivity index (χ3v) is 4.71. The van der Waals surface area contributed by atoms with E-state index < -0.39 is 0 Å². The van der Waals surface area contributed by atoms with E-state index in [-0.39, 0.29) is 18.3 Å². The summed E-state index contributed by atoms with van der Waals surface area (Å²) in [5.74, 6) is -0.274. The largest absolute Gasteiger partial charge is 0.483 e. The number of aromatic nitrogens is 1. The minimum atomic E-state index is -0.377. The van der Waals surface area contributed by atoms with Gasteiger partial charge in [-0.3, -0.25) is 4.79 Å². The molecule has 0 atom stereocenters. The summed E-state index contributed by atoms with van der Waals surface area (Å²) in [5.41, 5.74) is 2.48. The Morgan fingerprint density at radius 3 is 2.88 bits per heavy atom. The number of nitrogens with zero attached hydrogens (tertiary/aromatic N) is 1. The summed E-state index contributed by atoms with van der Waals surface area (Å²) in [7, 11) is 0.